The van der Waals surface area contributed by atoms with E-state index in [9.17, 15) is 14.4 Å². The molecule has 0 bridgehead atoms. The summed E-state index contributed by atoms with van der Waals surface area (Å²) in [5.41, 5.74) is 5.22. The Bertz CT molecular complexity index is 513. The fraction of sp³-hybridized carbons (Fsp3) is 0.400. The van der Waals surface area contributed by atoms with Gasteiger partial charge < -0.3 is 15.7 Å². The first-order valence-corrected chi connectivity index (χ1v) is 6.11. The van der Waals surface area contributed by atoms with E-state index in [0.717, 1.165) is 11.3 Å². The van der Waals surface area contributed by atoms with Gasteiger partial charge in [-0.15, -0.1) is 11.3 Å². The molecular weight excluding hydrogens is 258 g/mol. The summed E-state index contributed by atoms with van der Waals surface area (Å²) in [5.74, 6) is -2.10. The van der Waals surface area contributed by atoms with Crippen LogP contribution in [0.25, 0.3) is 0 Å². The lowest BCUT2D eigenvalue weighted by atomic mass is 10.2. The van der Waals surface area contributed by atoms with Crippen molar-refractivity contribution in [2.24, 2.45) is 5.73 Å². The summed E-state index contributed by atoms with van der Waals surface area (Å²) in [5, 5.41) is 8.59. The van der Waals surface area contributed by atoms with Gasteiger partial charge in [-0.3, -0.25) is 9.59 Å². The molecule has 7 nitrogen and oxygen atoms in total. The lowest BCUT2D eigenvalue weighted by Crippen LogP contribution is -2.43. The Morgan fingerprint density at radius 3 is 2.78 bits per heavy atom. The van der Waals surface area contributed by atoms with E-state index in [4.69, 9.17) is 10.8 Å². The Kier molecular flexibility index (Phi) is 3.28. The van der Waals surface area contributed by atoms with Crippen molar-refractivity contribution in [3.8, 4) is 0 Å². The van der Waals surface area contributed by atoms with Crippen LogP contribution in [0.5, 0.6) is 0 Å². The second kappa shape index (κ2) is 4.73. The molecule has 0 saturated carbocycles. The number of carbonyl (C=O) groups excluding carboxylic acids is 2. The number of likely N-dealkylation sites (tertiary alicyclic amines) is 1. The summed E-state index contributed by atoms with van der Waals surface area (Å²) in [6.07, 6.45) is 2.47. The smallest absolute Gasteiger partial charge is 0.365 e. The molecule has 0 spiro atoms. The van der Waals surface area contributed by atoms with Crippen LogP contribution in [0.4, 0.5) is 0 Å². The van der Waals surface area contributed by atoms with Gasteiger partial charge in [0.1, 0.15) is 10.9 Å². The summed E-state index contributed by atoms with van der Waals surface area (Å²) in [7, 11) is 0. The fourth-order valence-electron chi connectivity index (χ4n) is 1.92. The molecule has 0 aromatic carbocycles. The van der Waals surface area contributed by atoms with Gasteiger partial charge in [0.15, 0.2) is 0 Å². The number of nitrogens with two attached hydrogens (primary N) is 1. The summed E-state index contributed by atoms with van der Waals surface area (Å²) in [6.45, 7) is 0.451. The van der Waals surface area contributed by atoms with Gasteiger partial charge in [0.05, 0.1) is 6.20 Å². The number of rotatable bonds is 3. The number of hydrogen-bond donors (Lipinski definition) is 2. The first-order valence-electron chi connectivity index (χ1n) is 5.30. The van der Waals surface area contributed by atoms with Gasteiger partial charge in [-0.05, 0) is 12.8 Å². The van der Waals surface area contributed by atoms with Crippen LogP contribution >= 0.6 is 11.3 Å². The normalized spacial score (nSPS) is 18.9. The SMILES string of the molecule is NC(=O)C1CCCN1C(=O)c1cnc(C(=O)O)s1. The summed E-state index contributed by atoms with van der Waals surface area (Å²) in [6, 6.07) is -0.604. The van der Waals surface area contributed by atoms with Crippen molar-refractivity contribution in [3.63, 3.8) is 0 Å². The van der Waals surface area contributed by atoms with E-state index < -0.39 is 17.9 Å². The molecule has 1 aromatic heterocycles. The molecule has 0 aliphatic carbocycles. The van der Waals surface area contributed by atoms with Crippen LogP contribution in [0, 0.1) is 0 Å². The summed E-state index contributed by atoms with van der Waals surface area (Å²) < 4.78 is 0. The molecule has 1 saturated heterocycles. The molecule has 2 heterocycles. The number of thiazole rings is 1. The largest absolute Gasteiger partial charge is 0.476 e. The van der Waals surface area contributed by atoms with Gasteiger partial charge >= 0.3 is 5.97 Å². The van der Waals surface area contributed by atoms with Crippen LogP contribution in [-0.2, 0) is 4.79 Å². The average molecular weight is 269 g/mol. The zero-order valence-corrected chi connectivity index (χ0v) is 10.1. The van der Waals surface area contributed by atoms with E-state index in [-0.39, 0.29) is 15.8 Å². The number of amides is 2. The number of primary amides is 1. The molecule has 8 heteroatoms. The standard InChI is InChI=1S/C10H11N3O4S/c11-7(14)5-2-1-3-13(5)9(15)6-4-12-8(18-6)10(16)17/h4-5H,1-3H2,(H2,11,14)(H,16,17). The maximum absolute atomic E-state index is 12.1. The van der Waals surface area contributed by atoms with Crippen molar-refractivity contribution < 1.29 is 19.5 Å². The highest BCUT2D eigenvalue weighted by atomic mass is 32.1. The summed E-state index contributed by atoms with van der Waals surface area (Å²) in [4.78, 5) is 39.2. The van der Waals surface area contributed by atoms with E-state index in [1.54, 1.807) is 0 Å². The van der Waals surface area contributed by atoms with Crippen molar-refractivity contribution in [1.82, 2.24) is 9.88 Å². The van der Waals surface area contributed by atoms with E-state index in [0.29, 0.717) is 19.4 Å². The van der Waals surface area contributed by atoms with Crippen molar-refractivity contribution in [2.75, 3.05) is 6.54 Å². The maximum atomic E-state index is 12.1. The molecule has 96 valence electrons. The van der Waals surface area contributed by atoms with Crippen molar-refractivity contribution in [1.29, 1.82) is 0 Å². The van der Waals surface area contributed by atoms with Crippen molar-refractivity contribution in [3.05, 3.63) is 16.1 Å². The van der Waals surface area contributed by atoms with E-state index in [2.05, 4.69) is 4.98 Å². The number of hydrogen-bond acceptors (Lipinski definition) is 5. The molecule has 18 heavy (non-hydrogen) atoms. The van der Waals surface area contributed by atoms with Crippen LogP contribution in [0.1, 0.15) is 32.3 Å². The van der Waals surface area contributed by atoms with Gasteiger partial charge in [0.25, 0.3) is 5.91 Å². The highest BCUT2D eigenvalue weighted by molar-refractivity contribution is 7.15. The van der Waals surface area contributed by atoms with Crippen LogP contribution in [0.3, 0.4) is 0 Å². The van der Waals surface area contributed by atoms with Crippen LogP contribution < -0.4 is 5.73 Å². The van der Waals surface area contributed by atoms with Gasteiger partial charge in [-0.2, -0.15) is 0 Å². The molecule has 2 amide bonds. The maximum Gasteiger partial charge on any atom is 0.365 e. The van der Waals surface area contributed by atoms with Crippen LogP contribution in [-0.4, -0.2) is 45.4 Å². The average Bonchev–Trinajstić information content (AvgIpc) is 2.97. The number of carboxylic acid groups (broad SMARTS) is 1. The molecule has 1 atom stereocenters. The van der Waals surface area contributed by atoms with Gasteiger partial charge in [-0.25, -0.2) is 9.78 Å². The Morgan fingerprint density at radius 1 is 1.50 bits per heavy atom. The third kappa shape index (κ3) is 2.19. The third-order valence-electron chi connectivity index (χ3n) is 2.74. The summed E-state index contributed by atoms with van der Waals surface area (Å²) >= 11 is 0.796. The zero-order valence-electron chi connectivity index (χ0n) is 9.33. The monoisotopic (exact) mass is 269 g/mol. The second-order valence-electron chi connectivity index (χ2n) is 3.89. The van der Waals surface area contributed by atoms with Crippen molar-refractivity contribution in [2.45, 2.75) is 18.9 Å². The first kappa shape index (κ1) is 12.5. The highest BCUT2D eigenvalue weighted by Crippen LogP contribution is 2.22. The quantitative estimate of drug-likeness (QED) is 0.797. The predicted molar refractivity (Wildman–Crippen MR) is 62.3 cm³/mol. The molecule has 0 radical (unpaired) electrons. The van der Waals surface area contributed by atoms with Crippen LogP contribution in [0.2, 0.25) is 0 Å². The lowest BCUT2D eigenvalue weighted by Gasteiger charge is -2.20. The third-order valence-corrected chi connectivity index (χ3v) is 3.71. The van der Waals surface area contributed by atoms with Gasteiger partial charge in [-0.1, -0.05) is 0 Å². The molecule has 1 unspecified atom stereocenters. The number of aromatic carboxylic acids is 1. The molecule has 2 rings (SSSR count). The minimum atomic E-state index is -1.17. The lowest BCUT2D eigenvalue weighted by molar-refractivity contribution is -0.121. The molecule has 1 aromatic rings. The minimum Gasteiger partial charge on any atom is -0.476 e. The number of carboxylic acids is 1. The zero-order chi connectivity index (χ0) is 13.3. The highest BCUT2D eigenvalue weighted by Gasteiger charge is 2.34. The molecule has 1 aliphatic heterocycles. The second-order valence-corrected chi connectivity index (χ2v) is 4.92. The van der Waals surface area contributed by atoms with Crippen molar-refractivity contribution >= 4 is 29.1 Å². The number of nitrogens with zero attached hydrogens (tertiary/aromatic N) is 2. The number of carbonyl (C=O) groups is 3. The fourth-order valence-corrected chi connectivity index (χ4v) is 2.63. The van der Waals surface area contributed by atoms with Gasteiger partial charge in [0, 0.05) is 6.54 Å². The Hall–Kier alpha value is -1.96. The molecule has 1 aliphatic rings. The Labute approximate surface area is 106 Å². The topological polar surface area (TPSA) is 114 Å². The Morgan fingerprint density at radius 2 is 2.22 bits per heavy atom. The van der Waals surface area contributed by atoms with Crippen LogP contribution in [0.15, 0.2) is 6.20 Å². The van der Waals surface area contributed by atoms with E-state index >= 15 is 0 Å². The molecule has 3 N–H and O–H groups in total. The predicted octanol–water partition coefficient (Wildman–Crippen LogP) is -0.0688. The number of aromatic nitrogens is 1. The van der Waals surface area contributed by atoms with E-state index in [1.807, 2.05) is 0 Å². The minimum absolute atomic E-state index is 0.145. The van der Waals surface area contributed by atoms with E-state index in [1.165, 1.54) is 11.1 Å². The molecule has 1 fully saturated rings. The van der Waals surface area contributed by atoms with Gasteiger partial charge in [0.2, 0.25) is 10.9 Å². The Balaban J connectivity index is 2.20. The first-order chi connectivity index (χ1) is 8.50. The molecular formula is C10H11N3O4S.